The van der Waals surface area contributed by atoms with Crippen LogP contribution in [0, 0.1) is 11.3 Å². The van der Waals surface area contributed by atoms with E-state index < -0.39 is 0 Å². The number of carbonyl (C=O) groups excluding carboxylic acids is 1. The van der Waals surface area contributed by atoms with Crippen LogP contribution < -0.4 is 5.32 Å². The first-order valence-corrected chi connectivity index (χ1v) is 6.00. The van der Waals surface area contributed by atoms with Gasteiger partial charge >= 0.3 is 0 Å². The molecule has 2 rings (SSSR count). The first-order valence-electron chi connectivity index (χ1n) is 6.00. The number of fused-ring (bicyclic) bond motifs is 1. The van der Waals surface area contributed by atoms with E-state index in [1.165, 1.54) is 0 Å². The maximum atomic E-state index is 11.7. The maximum absolute atomic E-state index is 11.7. The van der Waals surface area contributed by atoms with Crippen molar-refractivity contribution in [1.29, 1.82) is 0 Å². The Balaban J connectivity index is 0.000000606. The van der Waals surface area contributed by atoms with Crippen LogP contribution in [0.5, 0.6) is 0 Å². The zero-order valence-corrected chi connectivity index (χ0v) is 10.4. The van der Waals surface area contributed by atoms with Gasteiger partial charge in [-0.3, -0.25) is 4.79 Å². The van der Waals surface area contributed by atoms with Gasteiger partial charge in [-0.2, -0.15) is 0 Å². The molecule has 1 saturated heterocycles. The summed E-state index contributed by atoms with van der Waals surface area (Å²) >= 11 is 0. The molecule has 16 heavy (non-hydrogen) atoms. The first-order chi connectivity index (χ1) is 7.75. The van der Waals surface area contributed by atoms with Crippen molar-refractivity contribution in [3.8, 4) is 0 Å². The molecule has 88 valence electrons. The second kappa shape index (κ2) is 5.15. The van der Waals surface area contributed by atoms with Gasteiger partial charge in [0.25, 0.3) is 0 Å². The highest BCUT2D eigenvalue weighted by molar-refractivity contribution is 5.93. The molecular formula is C14H21NO. The van der Waals surface area contributed by atoms with Crippen molar-refractivity contribution in [1.82, 2.24) is 5.32 Å². The molecule has 1 heterocycles. The van der Waals surface area contributed by atoms with E-state index in [4.69, 9.17) is 0 Å². The summed E-state index contributed by atoms with van der Waals surface area (Å²) in [6.45, 7) is 10.5. The number of nitrogens with one attached hydrogen (secondary N) is 1. The molecule has 1 aliphatic carbocycles. The number of rotatable bonds is 3. The van der Waals surface area contributed by atoms with E-state index in [1.54, 1.807) is 6.08 Å². The van der Waals surface area contributed by atoms with Gasteiger partial charge in [0.05, 0.1) is 5.41 Å². The van der Waals surface area contributed by atoms with Crippen molar-refractivity contribution in [2.45, 2.75) is 27.2 Å². The Hall–Kier alpha value is -1.31. The Morgan fingerprint density at radius 1 is 1.56 bits per heavy atom. The molecule has 0 aromatic carbocycles. The Bertz CT molecular complexity index is 341. The van der Waals surface area contributed by atoms with E-state index in [1.807, 2.05) is 39.0 Å². The topological polar surface area (TPSA) is 29.1 Å². The third-order valence-corrected chi connectivity index (χ3v) is 3.18. The molecular weight excluding hydrogens is 198 g/mol. The fourth-order valence-electron chi connectivity index (χ4n) is 2.37. The molecule has 2 nitrogen and oxygen atoms in total. The molecule has 1 amide bonds. The Kier molecular flexibility index (Phi) is 4.11. The lowest BCUT2D eigenvalue weighted by molar-refractivity contribution is -0.123. The summed E-state index contributed by atoms with van der Waals surface area (Å²) in [6.07, 6.45) is 8.70. The Morgan fingerprint density at radius 3 is 2.62 bits per heavy atom. The summed E-state index contributed by atoms with van der Waals surface area (Å²) < 4.78 is 0. The van der Waals surface area contributed by atoms with Crippen molar-refractivity contribution in [3.05, 3.63) is 36.5 Å². The maximum Gasteiger partial charge on any atom is 0.231 e. The van der Waals surface area contributed by atoms with Crippen molar-refractivity contribution < 1.29 is 4.79 Å². The van der Waals surface area contributed by atoms with Gasteiger partial charge < -0.3 is 5.32 Å². The lowest BCUT2D eigenvalue weighted by atomic mass is 9.93. The third-order valence-electron chi connectivity index (χ3n) is 3.18. The van der Waals surface area contributed by atoms with Crippen LogP contribution in [-0.4, -0.2) is 12.5 Å². The largest absolute Gasteiger partial charge is 0.355 e. The second-order valence-electron chi connectivity index (χ2n) is 3.94. The van der Waals surface area contributed by atoms with Gasteiger partial charge in [0.1, 0.15) is 0 Å². The summed E-state index contributed by atoms with van der Waals surface area (Å²) in [5.41, 5.74) is 0.899. The van der Waals surface area contributed by atoms with Crippen LogP contribution in [-0.2, 0) is 4.79 Å². The van der Waals surface area contributed by atoms with Crippen LogP contribution >= 0.6 is 0 Å². The van der Waals surface area contributed by atoms with Gasteiger partial charge in [0.15, 0.2) is 0 Å². The first kappa shape index (κ1) is 12.8. The van der Waals surface area contributed by atoms with Crippen molar-refractivity contribution in [2.75, 3.05) is 6.54 Å². The fraction of sp³-hybridized carbons (Fsp3) is 0.500. The number of hydrogen-bond donors (Lipinski definition) is 1. The van der Waals surface area contributed by atoms with E-state index in [0.717, 1.165) is 18.5 Å². The Morgan fingerprint density at radius 2 is 2.25 bits per heavy atom. The molecule has 2 atom stereocenters. The molecule has 0 aromatic rings. The highest BCUT2D eigenvalue weighted by Gasteiger charge is 2.64. The molecule has 1 aliphatic heterocycles. The summed E-state index contributed by atoms with van der Waals surface area (Å²) in [5, 5.41) is 2.91. The van der Waals surface area contributed by atoms with Crippen LogP contribution in [0.3, 0.4) is 0 Å². The summed E-state index contributed by atoms with van der Waals surface area (Å²) in [4.78, 5) is 11.7. The smallest absolute Gasteiger partial charge is 0.231 e. The molecule has 0 spiro atoms. The van der Waals surface area contributed by atoms with Crippen LogP contribution in [0.15, 0.2) is 36.5 Å². The lowest BCUT2D eigenvalue weighted by Gasteiger charge is -2.11. The van der Waals surface area contributed by atoms with Crippen molar-refractivity contribution >= 4 is 5.91 Å². The number of allylic oxidation sites excluding steroid dienone is 4. The van der Waals surface area contributed by atoms with E-state index in [0.29, 0.717) is 5.92 Å². The predicted molar refractivity (Wildman–Crippen MR) is 68.0 cm³/mol. The quantitative estimate of drug-likeness (QED) is 0.727. The molecule has 0 bridgehead atoms. The highest BCUT2D eigenvalue weighted by atomic mass is 16.2. The van der Waals surface area contributed by atoms with Crippen LogP contribution in [0.4, 0.5) is 0 Å². The van der Waals surface area contributed by atoms with Crippen molar-refractivity contribution in [3.63, 3.8) is 0 Å². The second-order valence-corrected chi connectivity index (χ2v) is 3.94. The normalized spacial score (nSPS) is 31.6. The molecule has 2 unspecified atom stereocenters. The predicted octanol–water partition coefficient (Wildman–Crippen LogP) is 2.84. The van der Waals surface area contributed by atoms with Gasteiger partial charge in [-0.05, 0) is 24.8 Å². The van der Waals surface area contributed by atoms with Gasteiger partial charge in [-0.25, -0.2) is 0 Å². The number of piperidine rings is 1. The fourth-order valence-corrected chi connectivity index (χ4v) is 2.37. The van der Waals surface area contributed by atoms with Gasteiger partial charge in [0, 0.05) is 6.54 Å². The van der Waals surface area contributed by atoms with E-state index in [-0.39, 0.29) is 11.3 Å². The molecule has 0 radical (unpaired) electrons. The van der Waals surface area contributed by atoms with E-state index >= 15 is 0 Å². The molecule has 1 N–H and O–H groups in total. The monoisotopic (exact) mass is 219 g/mol. The minimum atomic E-state index is -0.208. The van der Waals surface area contributed by atoms with E-state index in [2.05, 4.69) is 11.9 Å². The highest BCUT2D eigenvalue weighted by Crippen LogP contribution is 2.60. The molecule has 2 fully saturated rings. The minimum absolute atomic E-state index is 0.189. The standard InChI is InChI=1S/C12H15NO.C2H6/c1-3-5-9(6-4-2)12-7-10(12)8-13-11(12)14;1-2/h3-6,10H,1,7-8H2,2H3,(H,13,14);1-2H3/b6-4-,9-5+;. The van der Waals surface area contributed by atoms with Crippen LogP contribution in [0.25, 0.3) is 0 Å². The average Bonchev–Trinajstić information content (AvgIpc) is 2.97. The zero-order chi connectivity index (χ0) is 12.2. The van der Waals surface area contributed by atoms with Crippen LogP contribution in [0.2, 0.25) is 0 Å². The van der Waals surface area contributed by atoms with Gasteiger partial charge in [-0.15, -0.1) is 0 Å². The summed E-state index contributed by atoms with van der Waals surface area (Å²) in [5.74, 6) is 0.700. The zero-order valence-electron chi connectivity index (χ0n) is 10.4. The average molecular weight is 219 g/mol. The number of hydrogen-bond acceptors (Lipinski definition) is 1. The van der Waals surface area contributed by atoms with Gasteiger partial charge in [0.2, 0.25) is 5.91 Å². The number of carbonyl (C=O) groups is 1. The summed E-state index contributed by atoms with van der Waals surface area (Å²) in [7, 11) is 0. The molecule has 0 aromatic heterocycles. The van der Waals surface area contributed by atoms with Crippen LogP contribution in [0.1, 0.15) is 27.2 Å². The third kappa shape index (κ3) is 1.84. The van der Waals surface area contributed by atoms with Gasteiger partial charge in [-0.1, -0.05) is 44.7 Å². The molecule has 1 saturated carbocycles. The minimum Gasteiger partial charge on any atom is -0.355 e. The SMILES string of the molecule is C=C/C=C(\C=C/C)C12CC1CNC2=O.CC. The lowest BCUT2D eigenvalue weighted by Crippen LogP contribution is -2.26. The summed E-state index contributed by atoms with van der Waals surface area (Å²) in [6, 6.07) is 0. The Labute approximate surface area is 98.1 Å². The van der Waals surface area contributed by atoms with Crippen molar-refractivity contribution in [2.24, 2.45) is 11.3 Å². The molecule has 2 heteroatoms. The van der Waals surface area contributed by atoms with E-state index in [9.17, 15) is 4.79 Å². The number of amides is 1. The molecule has 2 aliphatic rings.